The zero-order chi connectivity index (χ0) is 14.9. The third-order valence-corrected chi connectivity index (χ3v) is 2.17. The number of alkyl halides is 1. The molecule has 0 aliphatic heterocycles. The van der Waals surface area contributed by atoms with E-state index < -0.39 is 53.4 Å². The summed E-state index contributed by atoms with van der Waals surface area (Å²) in [5.74, 6) is -7.95. The van der Waals surface area contributed by atoms with Crippen LogP contribution in [0, 0.1) is 23.3 Å². The number of nitrogen functional groups attached to an aromatic ring is 1. The number of nitrogens with zero attached hydrogens (tertiary/aromatic N) is 3. The van der Waals surface area contributed by atoms with Crippen molar-refractivity contribution in [3.63, 3.8) is 0 Å². The molecule has 0 aliphatic rings. The van der Waals surface area contributed by atoms with Crippen molar-refractivity contribution >= 4 is 17.6 Å². The summed E-state index contributed by atoms with van der Waals surface area (Å²) in [6.45, 7) is -1.11. The molecular formula is C10H6F5N5. The molecule has 0 aliphatic carbocycles. The maximum Gasteiger partial charge on any atom is 0.232 e. The Bertz CT molecular complexity index is 637. The third kappa shape index (κ3) is 2.58. The average molecular weight is 291 g/mol. The first kappa shape index (κ1) is 13.9. The quantitative estimate of drug-likeness (QED) is 0.670. The summed E-state index contributed by atoms with van der Waals surface area (Å²) in [5, 5.41) is 1.90. The van der Waals surface area contributed by atoms with Crippen LogP contribution in [0.1, 0.15) is 5.82 Å². The van der Waals surface area contributed by atoms with E-state index in [-0.39, 0.29) is 6.07 Å². The number of halogens is 5. The Labute approximate surface area is 108 Å². The van der Waals surface area contributed by atoms with Gasteiger partial charge < -0.3 is 11.1 Å². The minimum atomic E-state index is -1.68. The molecule has 106 valence electrons. The van der Waals surface area contributed by atoms with E-state index >= 15 is 0 Å². The molecule has 0 bridgehead atoms. The second kappa shape index (κ2) is 5.23. The van der Waals surface area contributed by atoms with Crippen molar-refractivity contribution < 1.29 is 22.0 Å². The van der Waals surface area contributed by atoms with Gasteiger partial charge in [0.15, 0.2) is 29.1 Å². The van der Waals surface area contributed by atoms with Crippen LogP contribution in [0.15, 0.2) is 6.07 Å². The standard InChI is InChI=1S/C10H6F5N5/c11-2-5-17-9(16)20-10(18-5)19-8-6(14)3(12)1-4(13)7(8)15/h1H,2H2,(H3,16,17,18,19,20). The predicted molar refractivity (Wildman–Crippen MR) is 58.6 cm³/mol. The number of nitrogens with two attached hydrogens (primary N) is 1. The van der Waals surface area contributed by atoms with E-state index in [4.69, 9.17) is 5.73 Å². The van der Waals surface area contributed by atoms with Crippen LogP contribution < -0.4 is 11.1 Å². The van der Waals surface area contributed by atoms with Gasteiger partial charge in [-0.05, 0) is 0 Å². The fourth-order valence-corrected chi connectivity index (χ4v) is 1.35. The number of aromatic nitrogens is 3. The van der Waals surface area contributed by atoms with Gasteiger partial charge in [-0.1, -0.05) is 0 Å². The molecule has 2 rings (SSSR count). The maximum absolute atomic E-state index is 13.4. The molecule has 0 unspecified atom stereocenters. The van der Waals surface area contributed by atoms with E-state index in [1.165, 1.54) is 0 Å². The zero-order valence-corrected chi connectivity index (χ0v) is 9.59. The van der Waals surface area contributed by atoms with Gasteiger partial charge in [0.25, 0.3) is 0 Å². The van der Waals surface area contributed by atoms with Crippen LogP contribution in [0.4, 0.5) is 39.5 Å². The van der Waals surface area contributed by atoms with Crippen LogP contribution >= 0.6 is 0 Å². The van der Waals surface area contributed by atoms with Crippen LogP contribution in [0.3, 0.4) is 0 Å². The van der Waals surface area contributed by atoms with Crippen LogP contribution in [0.5, 0.6) is 0 Å². The molecule has 2 aromatic rings. The van der Waals surface area contributed by atoms with E-state index in [2.05, 4.69) is 15.0 Å². The Kier molecular flexibility index (Phi) is 3.63. The van der Waals surface area contributed by atoms with Gasteiger partial charge in [0.2, 0.25) is 11.9 Å². The summed E-state index contributed by atoms with van der Waals surface area (Å²) >= 11 is 0. The van der Waals surface area contributed by atoms with Gasteiger partial charge in [-0.25, -0.2) is 22.0 Å². The van der Waals surface area contributed by atoms with Crippen molar-refractivity contribution in [1.82, 2.24) is 15.0 Å². The first-order chi connectivity index (χ1) is 9.42. The highest BCUT2D eigenvalue weighted by molar-refractivity contribution is 5.56. The summed E-state index contributed by atoms with van der Waals surface area (Å²) < 4.78 is 65.2. The molecule has 1 heterocycles. The summed E-state index contributed by atoms with van der Waals surface area (Å²) in [5.41, 5.74) is 4.07. The lowest BCUT2D eigenvalue weighted by Crippen LogP contribution is -2.09. The summed E-state index contributed by atoms with van der Waals surface area (Å²) in [7, 11) is 0. The van der Waals surface area contributed by atoms with Crippen LogP contribution in [0.25, 0.3) is 0 Å². The number of nitrogens with one attached hydrogen (secondary N) is 1. The number of hydrogen-bond donors (Lipinski definition) is 2. The van der Waals surface area contributed by atoms with Gasteiger partial charge in [0.1, 0.15) is 12.4 Å². The molecule has 20 heavy (non-hydrogen) atoms. The third-order valence-electron chi connectivity index (χ3n) is 2.17. The predicted octanol–water partition coefficient (Wildman–Crippen LogP) is 2.22. The van der Waals surface area contributed by atoms with E-state index in [0.29, 0.717) is 0 Å². The van der Waals surface area contributed by atoms with Gasteiger partial charge in [-0.15, -0.1) is 0 Å². The highest BCUT2D eigenvalue weighted by Crippen LogP contribution is 2.26. The second-order valence-corrected chi connectivity index (χ2v) is 3.54. The number of anilines is 3. The molecule has 0 saturated carbocycles. The summed E-state index contributed by atoms with van der Waals surface area (Å²) in [4.78, 5) is 10.2. The Morgan fingerprint density at radius 2 is 1.60 bits per heavy atom. The van der Waals surface area contributed by atoms with Crippen molar-refractivity contribution in [3.05, 3.63) is 35.2 Å². The van der Waals surface area contributed by atoms with Crippen molar-refractivity contribution in [2.45, 2.75) is 6.67 Å². The lowest BCUT2D eigenvalue weighted by molar-refractivity contribution is 0.458. The van der Waals surface area contributed by atoms with Crippen molar-refractivity contribution in [2.75, 3.05) is 11.1 Å². The summed E-state index contributed by atoms with van der Waals surface area (Å²) in [6.07, 6.45) is 0. The SMILES string of the molecule is Nc1nc(CF)nc(Nc2c(F)c(F)cc(F)c2F)n1. The van der Waals surface area contributed by atoms with Crippen molar-refractivity contribution in [1.29, 1.82) is 0 Å². The smallest absolute Gasteiger partial charge is 0.232 e. The van der Waals surface area contributed by atoms with Gasteiger partial charge in [0.05, 0.1) is 0 Å². The average Bonchev–Trinajstić information content (AvgIpc) is 2.40. The molecule has 0 atom stereocenters. The monoisotopic (exact) mass is 291 g/mol. The Hall–Kier alpha value is -2.52. The molecule has 0 fully saturated rings. The first-order valence-corrected chi connectivity index (χ1v) is 5.08. The van der Waals surface area contributed by atoms with Crippen LogP contribution in [-0.2, 0) is 6.67 Å². The maximum atomic E-state index is 13.4. The minimum Gasteiger partial charge on any atom is -0.368 e. The molecule has 5 nitrogen and oxygen atoms in total. The van der Waals surface area contributed by atoms with E-state index in [1.54, 1.807) is 0 Å². The van der Waals surface area contributed by atoms with Crippen molar-refractivity contribution in [3.8, 4) is 0 Å². The number of hydrogen-bond acceptors (Lipinski definition) is 5. The lowest BCUT2D eigenvalue weighted by Gasteiger charge is -2.09. The van der Waals surface area contributed by atoms with Gasteiger partial charge in [0, 0.05) is 6.07 Å². The molecule has 0 spiro atoms. The fourth-order valence-electron chi connectivity index (χ4n) is 1.35. The first-order valence-electron chi connectivity index (χ1n) is 5.08. The normalized spacial score (nSPS) is 10.7. The number of rotatable bonds is 3. The van der Waals surface area contributed by atoms with E-state index in [9.17, 15) is 22.0 Å². The zero-order valence-electron chi connectivity index (χ0n) is 9.59. The minimum absolute atomic E-state index is 0.0462. The molecule has 1 aromatic carbocycles. The van der Waals surface area contributed by atoms with E-state index in [0.717, 1.165) is 0 Å². The van der Waals surface area contributed by atoms with Crippen molar-refractivity contribution in [2.24, 2.45) is 0 Å². The largest absolute Gasteiger partial charge is 0.368 e. The van der Waals surface area contributed by atoms with Crippen LogP contribution in [0.2, 0.25) is 0 Å². The number of benzene rings is 1. The fraction of sp³-hybridized carbons (Fsp3) is 0.100. The molecule has 0 radical (unpaired) electrons. The second-order valence-electron chi connectivity index (χ2n) is 3.54. The Morgan fingerprint density at radius 1 is 1.00 bits per heavy atom. The van der Waals surface area contributed by atoms with Gasteiger partial charge >= 0.3 is 0 Å². The molecular weight excluding hydrogens is 285 g/mol. The molecule has 1 aromatic heterocycles. The summed E-state index contributed by atoms with van der Waals surface area (Å²) in [6, 6.07) is 0.0462. The topological polar surface area (TPSA) is 76.7 Å². The molecule has 0 amide bonds. The molecule has 10 heteroatoms. The van der Waals surface area contributed by atoms with Crippen LogP contribution in [-0.4, -0.2) is 15.0 Å². The Balaban J connectivity index is 2.47. The van der Waals surface area contributed by atoms with Gasteiger partial charge in [-0.2, -0.15) is 15.0 Å². The molecule has 0 saturated heterocycles. The van der Waals surface area contributed by atoms with E-state index in [1.807, 2.05) is 5.32 Å². The van der Waals surface area contributed by atoms with Gasteiger partial charge in [-0.3, -0.25) is 0 Å². The highest BCUT2D eigenvalue weighted by atomic mass is 19.2. The Morgan fingerprint density at radius 3 is 2.15 bits per heavy atom. The highest BCUT2D eigenvalue weighted by Gasteiger charge is 2.20. The molecule has 3 N–H and O–H groups in total. The lowest BCUT2D eigenvalue weighted by atomic mass is 10.2.